The maximum absolute atomic E-state index is 10.8. The fraction of sp³-hybridized carbons (Fsp3) is 0.857. The quantitative estimate of drug-likeness (QED) is 0.540. The lowest BCUT2D eigenvalue weighted by Gasteiger charge is -2.00. The summed E-state index contributed by atoms with van der Waals surface area (Å²) in [6, 6.07) is 0. The van der Waals surface area contributed by atoms with Crippen LogP contribution in [0.4, 0.5) is 0 Å². The van der Waals surface area contributed by atoms with Gasteiger partial charge in [0.2, 0.25) is 5.91 Å². The van der Waals surface area contributed by atoms with Gasteiger partial charge in [-0.15, -0.1) is 0 Å². The van der Waals surface area contributed by atoms with Crippen molar-refractivity contribution in [2.75, 3.05) is 11.9 Å². The van der Waals surface area contributed by atoms with E-state index in [1.54, 1.807) is 0 Å². The number of carbonyl (C=O) groups excluding carboxylic acids is 1. The van der Waals surface area contributed by atoms with Gasteiger partial charge in [0.05, 0.1) is 0 Å². The Balaban J connectivity index is 3.05. The molecule has 0 aliphatic carbocycles. The van der Waals surface area contributed by atoms with Gasteiger partial charge in [-0.1, -0.05) is 29.3 Å². The summed E-state index contributed by atoms with van der Waals surface area (Å²) in [5.41, 5.74) is 0. The third kappa shape index (κ3) is 6.08. The Morgan fingerprint density at radius 3 is 2.80 bits per heavy atom. The maximum Gasteiger partial charge on any atom is 0.220 e. The van der Waals surface area contributed by atoms with Crippen molar-refractivity contribution in [3.8, 4) is 0 Å². The van der Waals surface area contributed by atoms with Crippen molar-refractivity contribution in [3.05, 3.63) is 0 Å². The number of hydrogen-bond donors (Lipinski definition) is 1. The molecule has 1 amide bonds. The molecule has 0 saturated heterocycles. The van der Waals surface area contributed by atoms with Crippen LogP contribution in [0.2, 0.25) is 0 Å². The average molecular weight is 208 g/mol. The van der Waals surface area contributed by atoms with E-state index in [0.29, 0.717) is 6.42 Å². The van der Waals surface area contributed by atoms with Crippen LogP contribution in [0, 0.1) is 0 Å². The van der Waals surface area contributed by atoms with Gasteiger partial charge < -0.3 is 5.32 Å². The van der Waals surface area contributed by atoms with Crippen LogP contribution in [0.5, 0.6) is 0 Å². The van der Waals surface area contributed by atoms with Crippen molar-refractivity contribution in [3.63, 3.8) is 0 Å². The highest BCUT2D eigenvalue weighted by molar-refractivity contribution is 9.09. The predicted molar refractivity (Wildman–Crippen MR) is 46.3 cm³/mol. The molecule has 0 heterocycles. The summed E-state index contributed by atoms with van der Waals surface area (Å²) in [4.78, 5) is 10.8. The van der Waals surface area contributed by atoms with Gasteiger partial charge in [-0.3, -0.25) is 4.79 Å². The molecule has 0 rings (SSSR count). The topological polar surface area (TPSA) is 29.1 Å². The van der Waals surface area contributed by atoms with Crippen molar-refractivity contribution >= 4 is 21.8 Å². The largest absolute Gasteiger partial charge is 0.356 e. The molecule has 0 aromatic rings. The van der Waals surface area contributed by atoms with Crippen molar-refractivity contribution in [1.29, 1.82) is 0 Å². The molecule has 0 aliphatic rings. The molecule has 0 atom stereocenters. The number of rotatable bonds is 5. The Kier molecular flexibility index (Phi) is 7.03. The molecule has 1 N–H and O–H groups in total. The van der Waals surface area contributed by atoms with Crippen LogP contribution in [-0.2, 0) is 4.79 Å². The lowest BCUT2D eigenvalue weighted by molar-refractivity contribution is -0.120. The first-order chi connectivity index (χ1) is 4.81. The molecule has 0 unspecified atom stereocenters. The van der Waals surface area contributed by atoms with E-state index in [9.17, 15) is 4.79 Å². The summed E-state index contributed by atoms with van der Waals surface area (Å²) in [6.07, 6.45) is 2.80. The van der Waals surface area contributed by atoms with Crippen molar-refractivity contribution in [2.45, 2.75) is 26.2 Å². The van der Waals surface area contributed by atoms with Gasteiger partial charge in [0.15, 0.2) is 0 Å². The molecular formula is C7H14BrNO. The van der Waals surface area contributed by atoms with E-state index in [-0.39, 0.29) is 5.91 Å². The molecule has 0 spiro atoms. The summed E-state index contributed by atoms with van der Waals surface area (Å²) in [6.45, 7) is 2.93. The van der Waals surface area contributed by atoms with Crippen LogP contribution in [-0.4, -0.2) is 17.8 Å². The molecule has 0 bridgehead atoms. The van der Waals surface area contributed by atoms with Crippen molar-refractivity contribution < 1.29 is 4.79 Å². The lowest BCUT2D eigenvalue weighted by atomic mass is 10.3. The van der Waals surface area contributed by atoms with Gasteiger partial charge >= 0.3 is 0 Å². The highest BCUT2D eigenvalue weighted by Crippen LogP contribution is 1.88. The molecule has 0 aliphatic heterocycles. The number of amides is 1. The van der Waals surface area contributed by atoms with Crippen LogP contribution in [0.3, 0.4) is 0 Å². The van der Waals surface area contributed by atoms with E-state index in [2.05, 4.69) is 28.2 Å². The second-order valence-corrected chi connectivity index (χ2v) is 2.94. The van der Waals surface area contributed by atoms with Gasteiger partial charge in [-0.05, 0) is 6.42 Å². The molecule has 0 saturated carbocycles. The molecular weight excluding hydrogens is 194 g/mol. The van der Waals surface area contributed by atoms with E-state index in [0.717, 1.165) is 24.7 Å². The third-order valence-electron chi connectivity index (χ3n) is 1.17. The van der Waals surface area contributed by atoms with Gasteiger partial charge in [0.25, 0.3) is 0 Å². The number of alkyl halides is 1. The van der Waals surface area contributed by atoms with Gasteiger partial charge in [0.1, 0.15) is 0 Å². The second-order valence-electron chi connectivity index (χ2n) is 2.14. The summed E-state index contributed by atoms with van der Waals surface area (Å²) in [7, 11) is 0. The Labute approximate surface area is 70.5 Å². The Bertz CT molecular complexity index is 95.6. The number of nitrogens with one attached hydrogen (secondary N) is 1. The third-order valence-corrected chi connectivity index (χ3v) is 1.57. The molecule has 2 nitrogen and oxygen atoms in total. The van der Waals surface area contributed by atoms with Gasteiger partial charge in [0, 0.05) is 18.3 Å². The molecule has 0 fully saturated rings. The smallest absolute Gasteiger partial charge is 0.220 e. The van der Waals surface area contributed by atoms with E-state index >= 15 is 0 Å². The summed E-state index contributed by atoms with van der Waals surface area (Å²) in [5.74, 6) is 0.144. The fourth-order valence-electron chi connectivity index (χ4n) is 0.579. The van der Waals surface area contributed by atoms with Crippen LogP contribution < -0.4 is 5.32 Å². The van der Waals surface area contributed by atoms with Crippen molar-refractivity contribution in [2.24, 2.45) is 0 Å². The number of unbranched alkanes of at least 4 members (excludes halogenated alkanes) is 1. The van der Waals surface area contributed by atoms with E-state index in [1.807, 2.05) is 0 Å². The number of hydrogen-bond acceptors (Lipinski definition) is 1. The molecule has 60 valence electrons. The van der Waals surface area contributed by atoms with Gasteiger partial charge in [-0.2, -0.15) is 0 Å². The highest BCUT2D eigenvalue weighted by Gasteiger charge is 1.95. The highest BCUT2D eigenvalue weighted by atomic mass is 79.9. The van der Waals surface area contributed by atoms with E-state index in [4.69, 9.17) is 0 Å². The van der Waals surface area contributed by atoms with E-state index < -0.39 is 0 Å². The first-order valence-corrected chi connectivity index (χ1v) is 4.76. The molecule has 3 heteroatoms. The maximum atomic E-state index is 10.8. The van der Waals surface area contributed by atoms with Crippen LogP contribution in [0.15, 0.2) is 0 Å². The Morgan fingerprint density at radius 2 is 2.30 bits per heavy atom. The summed E-state index contributed by atoms with van der Waals surface area (Å²) in [5, 5.41) is 3.57. The fourth-order valence-corrected chi connectivity index (χ4v) is 0.939. The number of halogens is 1. The first-order valence-electron chi connectivity index (χ1n) is 3.64. The molecule has 0 aromatic carbocycles. The molecule has 0 radical (unpaired) electrons. The zero-order chi connectivity index (χ0) is 7.82. The van der Waals surface area contributed by atoms with E-state index in [1.165, 1.54) is 0 Å². The Morgan fingerprint density at radius 1 is 1.60 bits per heavy atom. The Hall–Kier alpha value is -0.0500. The van der Waals surface area contributed by atoms with Gasteiger partial charge in [-0.25, -0.2) is 0 Å². The first kappa shape index (κ1) is 9.95. The van der Waals surface area contributed by atoms with Crippen LogP contribution in [0.1, 0.15) is 26.2 Å². The van der Waals surface area contributed by atoms with Crippen LogP contribution in [0.25, 0.3) is 0 Å². The lowest BCUT2D eigenvalue weighted by Crippen LogP contribution is -2.24. The standard InChI is InChI=1S/C7H14BrNO/c1-2-3-6-9-7(10)4-5-8/h2-6H2,1H3,(H,9,10). The minimum atomic E-state index is 0.144. The summed E-state index contributed by atoms with van der Waals surface area (Å²) < 4.78 is 0. The van der Waals surface area contributed by atoms with Crippen molar-refractivity contribution in [1.82, 2.24) is 5.32 Å². The minimum Gasteiger partial charge on any atom is -0.356 e. The van der Waals surface area contributed by atoms with Crippen LogP contribution >= 0.6 is 15.9 Å². The molecule has 0 aromatic heterocycles. The second kappa shape index (κ2) is 7.06. The SMILES string of the molecule is CCCCNC(=O)CCBr. The normalized spacial score (nSPS) is 9.40. The zero-order valence-electron chi connectivity index (χ0n) is 6.32. The summed E-state index contributed by atoms with van der Waals surface area (Å²) >= 11 is 3.20. The zero-order valence-corrected chi connectivity index (χ0v) is 7.91. The number of carbonyl (C=O) groups is 1. The average Bonchev–Trinajstić information content (AvgIpc) is 1.89. The monoisotopic (exact) mass is 207 g/mol. The predicted octanol–water partition coefficient (Wildman–Crippen LogP) is 1.69. The minimum absolute atomic E-state index is 0.144. The molecule has 10 heavy (non-hydrogen) atoms.